The van der Waals surface area contributed by atoms with Gasteiger partial charge in [0.05, 0.1) is 0 Å². The highest BCUT2D eigenvalue weighted by molar-refractivity contribution is 6.32. The van der Waals surface area contributed by atoms with Crippen molar-refractivity contribution in [1.82, 2.24) is 0 Å². The smallest absolute Gasteiger partial charge is 0.0961 e. The number of benzene rings is 1. The Labute approximate surface area is 175 Å². The molecule has 29 heavy (non-hydrogen) atoms. The first kappa shape index (κ1) is 17.3. The van der Waals surface area contributed by atoms with Gasteiger partial charge in [-0.25, -0.2) is 0 Å². The predicted molar refractivity (Wildman–Crippen MR) is 123 cm³/mol. The second kappa shape index (κ2) is 6.77. The number of fused-ring (bicyclic) bond motifs is 8. The van der Waals surface area contributed by atoms with Crippen molar-refractivity contribution in [3.8, 4) is 0 Å². The van der Waals surface area contributed by atoms with E-state index in [1.54, 1.807) is 0 Å². The Morgan fingerprint density at radius 2 is 1.17 bits per heavy atom. The van der Waals surface area contributed by atoms with Crippen molar-refractivity contribution in [1.29, 1.82) is 0 Å². The van der Waals surface area contributed by atoms with Crippen molar-refractivity contribution in [2.24, 2.45) is 47.3 Å². The molecule has 140 valence electrons. The molecule has 0 heterocycles. The second-order valence-corrected chi connectivity index (χ2v) is 9.12. The summed E-state index contributed by atoms with van der Waals surface area (Å²) in [5.74, 6) is 4.52. The molecule has 5 aliphatic carbocycles. The monoisotopic (exact) mass is 372 g/mol. The second-order valence-electron chi connectivity index (χ2n) is 9.12. The molecule has 5 aliphatic rings. The highest BCUT2D eigenvalue weighted by Gasteiger charge is 2.52. The fourth-order valence-electron chi connectivity index (χ4n) is 6.70. The van der Waals surface area contributed by atoms with Gasteiger partial charge in [0, 0.05) is 5.92 Å². The van der Waals surface area contributed by atoms with E-state index in [9.17, 15) is 0 Å². The Morgan fingerprint density at radius 1 is 0.586 bits per heavy atom. The molecular weight excluding hydrogens is 347 g/mol. The van der Waals surface area contributed by atoms with E-state index in [1.165, 1.54) is 11.1 Å². The Balaban J connectivity index is 1.53. The van der Waals surface area contributed by atoms with Crippen molar-refractivity contribution in [2.75, 3.05) is 0 Å². The molecular formula is C28H25B. The van der Waals surface area contributed by atoms with Crippen LogP contribution in [0.25, 0.3) is 5.57 Å². The van der Waals surface area contributed by atoms with E-state index in [1.807, 2.05) is 6.07 Å². The van der Waals surface area contributed by atoms with E-state index < -0.39 is 0 Å². The molecule has 0 N–H and O–H groups in total. The molecule has 0 amide bonds. The summed E-state index contributed by atoms with van der Waals surface area (Å²) in [4.78, 5) is 0. The fraction of sp³-hybridized carbons (Fsp3) is 0.286. The van der Waals surface area contributed by atoms with Gasteiger partial charge in [0.15, 0.2) is 0 Å². The summed E-state index contributed by atoms with van der Waals surface area (Å²) in [5, 5.41) is 0. The van der Waals surface area contributed by atoms with Crippen LogP contribution in [0.15, 0.2) is 103 Å². The fourth-order valence-corrected chi connectivity index (χ4v) is 6.70. The van der Waals surface area contributed by atoms with Crippen LogP contribution in [-0.2, 0) is 0 Å². The molecule has 6 rings (SSSR count). The highest BCUT2D eigenvalue weighted by atomic mass is 14.6. The lowest BCUT2D eigenvalue weighted by molar-refractivity contribution is 0.0513. The molecule has 0 aliphatic heterocycles. The standard InChI is InChI=1S/C28H25B/c29-19-9-7-8-18(16-19)26-17-27-22-12-2-1-10-20(22)21-11-3-5-14-24(21)28(27)25-15-6-4-13-23(25)26/h1-17,20-25,27-28H. The molecule has 1 fully saturated rings. The molecule has 1 heteroatoms. The van der Waals surface area contributed by atoms with Crippen LogP contribution in [0, 0.1) is 47.3 Å². The Morgan fingerprint density at radius 3 is 1.90 bits per heavy atom. The molecule has 0 nitrogen and oxygen atoms in total. The van der Waals surface area contributed by atoms with Crippen LogP contribution in [-0.4, -0.2) is 7.85 Å². The average Bonchev–Trinajstić information content (AvgIpc) is 2.78. The first-order valence-electron chi connectivity index (χ1n) is 10.9. The predicted octanol–water partition coefficient (Wildman–Crippen LogP) is 5.20. The van der Waals surface area contributed by atoms with Crippen molar-refractivity contribution in [2.45, 2.75) is 0 Å². The van der Waals surface area contributed by atoms with Gasteiger partial charge >= 0.3 is 0 Å². The number of hydrogen-bond acceptors (Lipinski definition) is 0. The minimum atomic E-state index is 0.433. The summed E-state index contributed by atoms with van der Waals surface area (Å²) >= 11 is 0. The van der Waals surface area contributed by atoms with Crippen molar-refractivity contribution >= 4 is 18.9 Å². The summed E-state index contributed by atoms with van der Waals surface area (Å²) in [7, 11) is 6.16. The normalized spacial score (nSPS) is 40.6. The molecule has 2 radical (unpaired) electrons. The molecule has 0 bridgehead atoms. The van der Waals surface area contributed by atoms with Gasteiger partial charge in [0.2, 0.25) is 0 Å². The Bertz CT molecular complexity index is 1030. The first-order valence-corrected chi connectivity index (χ1v) is 10.9. The zero-order valence-corrected chi connectivity index (χ0v) is 16.5. The topological polar surface area (TPSA) is 0 Å². The van der Waals surface area contributed by atoms with Gasteiger partial charge < -0.3 is 0 Å². The highest BCUT2D eigenvalue weighted by Crippen LogP contribution is 2.59. The van der Waals surface area contributed by atoms with Gasteiger partial charge in [0.1, 0.15) is 7.85 Å². The maximum atomic E-state index is 6.16. The van der Waals surface area contributed by atoms with Gasteiger partial charge in [-0.3, -0.25) is 0 Å². The van der Waals surface area contributed by atoms with Crippen molar-refractivity contribution in [3.05, 3.63) is 109 Å². The lowest BCUT2D eigenvalue weighted by Crippen LogP contribution is -2.50. The maximum Gasteiger partial charge on any atom is 0.113 e. The molecule has 1 aromatic rings. The van der Waals surface area contributed by atoms with Crippen LogP contribution in [0.4, 0.5) is 0 Å². The van der Waals surface area contributed by atoms with Crippen molar-refractivity contribution in [3.63, 3.8) is 0 Å². The molecule has 1 saturated carbocycles. The van der Waals surface area contributed by atoms with E-state index in [0.717, 1.165) is 5.46 Å². The quantitative estimate of drug-likeness (QED) is 0.595. The number of allylic oxidation sites excluding steroid dienone is 14. The van der Waals surface area contributed by atoms with E-state index in [0.29, 0.717) is 47.3 Å². The van der Waals surface area contributed by atoms with Gasteiger partial charge in [-0.05, 0) is 52.6 Å². The van der Waals surface area contributed by atoms with E-state index in [-0.39, 0.29) is 0 Å². The summed E-state index contributed by atoms with van der Waals surface area (Å²) in [6.07, 6.45) is 30.9. The zero-order chi connectivity index (χ0) is 19.4. The van der Waals surface area contributed by atoms with Crippen LogP contribution >= 0.6 is 0 Å². The number of hydrogen-bond donors (Lipinski definition) is 0. The molecule has 0 aromatic heterocycles. The van der Waals surface area contributed by atoms with E-state index in [2.05, 4.69) is 97.2 Å². The van der Waals surface area contributed by atoms with Crippen LogP contribution in [0.2, 0.25) is 0 Å². The summed E-state index contributed by atoms with van der Waals surface area (Å²) < 4.78 is 0. The summed E-state index contributed by atoms with van der Waals surface area (Å²) in [6.45, 7) is 0. The Hall–Kier alpha value is -2.54. The third-order valence-corrected chi connectivity index (χ3v) is 7.80. The first-order chi connectivity index (χ1) is 14.3. The molecule has 0 saturated heterocycles. The molecule has 8 unspecified atom stereocenters. The van der Waals surface area contributed by atoms with Crippen LogP contribution in [0.3, 0.4) is 0 Å². The van der Waals surface area contributed by atoms with Crippen LogP contribution in [0.1, 0.15) is 5.56 Å². The van der Waals surface area contributed by atoms with Crippen LogP contribution < -0.4 is 5.46 Å². The summed E-state index contributed by atoms with van der Waals surface area (Å²) in [5.41, 5.74) is 3.59. The van der Waals surface area contributed by atoms with Crippen molar-refractivity contribution < 1.29 is 0 Å². The van der Waals surface area contributed by atoms with Gasteiger partial charge in [0.25, 0.3) is 0 Å². The largest absolute Gasteiger partial charge is 0.113 e. The van der Waals surface area contributed by atoms with Gasteiger partial charge in [-0.2, -0.15) is 0 Å². The maximum absolute atomic E-state index is 6.16. The van der Waals surface area contributed by atoms with Crippen LogP contribution in [0.5, 0.6) is 0 Å². The average molecular weight is 372 g/mol. The molecule has 0 spiro atoms. The molecule has 8 atom stereocenters. The van der Waals surface area contributed by atoms with E-state index >= 15 is 0 Å². The number of rotatable bonds is 1. The van der Waals surface area contributed by atoms with Gasteiger partial charge in [-0.15, -0.1) is 0 Å². The lowest BCUT2D eigenvalue weighted by Gasteiger charge is -2.55. The zero-order valence-electron chi connectivity index (χ0n) is 16.5. The van der Waals surface area contributed by atoms with E-state index in [4.69, 9.17) is 7.85 Å². The van der Waals surface area contributed by atoms with Gasteiger partial charge in [-0.1, -0.05) is 109 Å². The third-order valence-electron chi connectivity index (χ3n) is 7.80. The lowest BCUT2D eigenvalue weighted by atomic mass is 9.48. The summed E-state index contributed by atoms with van der Waals surface area (Å²) in [6, 6.07) is 8.46. The Kier molecular flexibility index (Phi) is 4.04. The minimum absolute atomic E-state index is 0.433. The third kappa shape index (κ3) is 2.67. The minimum Gasteiger partial charge on any atom is -0.0961 e. The molecule has 1 aromatic carbocycles. The SMILES string of the molecule is [B]c1cccc(C2=CC3C4C=CC=CC4C4C=CC=CC4C3C3C=CC=CC23)c1.